The van der Waals surface area contributed by atoms with E-state index in [2.05, 4.69) is 6.92 Å². The summed E-state index contributed by atoms with van der Waals surface area (Å²) in [6, 6.07) is 9.19. The van der Waals surface area contributed by atoms with Gasteiger partial charge in [-0.15, -0.1) is 0 Å². The molecule has 0 aliphatic carbocycles. The largest absolute Gasteiger partial charge is 0.289 e. The molecule has 0 aromatic heterocycles. The maximum Gasteiger partial charge on any atom is 0.194 e. The quantitative estimate of drug-likeness (QED) is 0.197. The lowest BCUT2D eigenvalue weighted by atomic mass is 9.95. The first-order chi connectivity index (χ1) is 14.8. The Morgan fingerprint density at radius 3 is 1.94 bits per heavy atom. The summed E-state index contributed by atoms with van der Waals surface area (Å²) >= 11 is 0. The van der Waals surface area contributed by atoms with E-state index >= 15 is 4.39 Å². The molecule has 1 nitrogen and oxygen atoms in total. The van der Waals surface area contributed by atoms with E-state index in [9.17, 15) is 22.7 Å². The van der Waals surface area contributed by atoms with Crippen molar-refractivity contribution in [3.8, 4) is 16.9 Å². The second-order valence-corrected chi connectivity index (χ2v) is 7.55. The third-order valence-corrected chi connectivity index (χ3v) is 5.30. The molecule has 163 valence electrons. The highest BCUT2D eigenvalue weighted by Crippen LogP contribution is 2.36. The van der Waals surface area contributed by atoms with Crippen LogP contribution < -0.4 is 0 Å². The Labute approximate surface area is 178 Å². The van der Waals surface area contributed by atoms with Crippen molar-refractivity contribution >= 4 is 0 Å². The van der Waals surface area contributed by atoms with Crippen molar-refractivity contribution in [3.63, 3.8) is 0 Å². The highest BCUT2D eigenvalue weighted by atomic mass is 19.2. The van der Waals surface area contributed by atoms with Gasteiger partial charge in [0, 0.05) is 11.6 Å². The fourth-order valence-electron chi connectivity index (χ4n) is 3.58. The molecule has 0 fully saturated rings. The Morgan fingerprint density at radius 1 is 0.677 bits per heavy atom. The van der Waals surface area contributed by atoms with Crippen molar-refractivity contribution < 1.29 is 27.1 Å². The first kappa shape index (κ1) is 22.8. The highest BCUT2D eigenvalue weighted by molar-refractivity contribution is 5.72. The van der Waals surface area contributed by atoms with Crippen LogP contribution in [0.2, 0.25) is 0 Å². The van der Waals surface area contributed by atoms with E-state index < -0.39 is 34.8 Å². The number of benzene rings is 3. The van der Waals surface area contributed by atoms with Crippen molar-refractivity contribution in [2.24, 2.45) is 0 Å². The van der Waals surface area contributed by atoms with Crippen LogP contribution in [0.5, 0.6) is 5.75 Å². The van der Waals surface area contributed by atoms with Crippen LogP contribution in [0.15, 0.2) is 42.5 Å². The van der Waals surface area contributed by atoms with Gasteiger partial charge in [0.05, 0.1) is 5.56 Å². The number of unbranched alkanes of at least 4 members (excludes halogenated alkanes) is 2. The van der Waals surface area contributed by atoms with Crippen molar-refractivity contribution in [1.29, 1.82) is 0 Å². The summed E-state index contributed by atoms with van der Waals surface area (Å²) in [6.07, 6.45) is 3.73. The maximum atomic E-state index is 15.1. The van der Waals surface area contributed by atoms with Crippen LogP contribution in [0.3, 0.4) is 0 Å². The lowest BCUT2D eigenvalue weighted by Gasteiger charge is -2.12. The summed E-state index contributed by atoms with van der Waals surface area (Å²) in [5.41, 5.74) is 0.855. The molecule has 0 amide bonds. The molecule has 0 bridgehead atoms. The Kier molecular flexibility index (Phi) is 7.31. The summed E-state index contributed by atoms with van der Waals surface area (Å²) in [5, 5.41) is 12.3. The monoisotopic (exact) mass is 433 g/mol. The molecule has 0 saturated heterocycles. The Morgan fingerprint density at radius 2 is 1.32 bits per heavy atom. The van der Waals surface area contributed by atoms with Crippen LogP contribution in [0, 0.1) is 29.1 Å². The standard InChI is InChI=1S/C25H22F5O/c1-2-3-4-5-15-6-9-17(10-7-15)23-22(31)14-19(26)18(24(23)29)11-8-16-12-20(27)25(30)21(28)13-16/h6-7,9-10,12-14H,2-5,8,11H2,1H3. The number of aryl methyl sites for hydroxylation is 2. The third-order valence-electron chi connectivity index (χ3n) is 5.30. The van der Waals surface area contributed by atoms with Gasteiger partial charge < -0.3 is 0 Å². The minimum Gasteiger partial charge on any atom is -0.289 e. The molecule has 0 unspecified atom stereocenters. The minimum atomic E-state index is -1.60. The van der Waals surface area contributed by atoms with E-state index in [1.54, 1.807) is 12.1 Å². The lowest BCUT2D eigenvalue weighted by Crippen LogP contribution is -2.03. The SMILES string of the molecule is CCCCCc1ccc(-c2c([O])cc(F)c(CCc3cc(F)c(F)c(F)c3)c2F)cc1. The number of rotatable bonds is 8. The molecular formula is C25H22F5O. The van der Waals surface area contributed by atoms with Gasteiger partial charge in [-0.3, -0.25) is 5.11 Å². The fourth-order valence-corrected chi connectivity index (χ4v) is 3.58. The first-order valence-electron chi connectivity index (χ1n) is 10.2. The molecule has 0 aliphatic rings. The number of hydrogen-bond acceptors (Lipinski definition) is 0. The Bertz CT molecular complexity index is 1040. The fraction of sp³-hybridized carbons (Fsp3) is 0.280. The van der Waals surface area contributed by atoms with Crippen LogP contribution in [0.25, 0.3) is 11.1 Å². The predicted octanol–water partition coefficient (Wildman–Crippen LogP) is 7.71. The van der Waals surface area contributed by atoms with Crippen molar-refractivity contribution in [1.82, 2.24) is 0 Å². The lowest BCUT2D eigenvalue weighted by molar-refractivity contribution is 0.350. The first-order valence-corrected chi connectivity index (χ1v) is 10.2. The average Bonchev–Trinajstić information content (AvgIpc) is 2.73. The molecular weight excluding hydrogens is 411 g/mol. The van der Waals surface area contributed by atoms with Gasteiger partial charge in [0.15, 0.2) is 23.2 Å². The molecule has 0 atom stereocenters. The third kappa shape index (κ3) is 5.24. The van der Waals surface area contributed by atoms with Gasteiger partial charge >= 0.3 is 0 Å². The van der Waals surface area contributed by atoms with E-state index in [0.29, 0.717) is 11.6 Å². The zero-order valence-corrected chi connectivity index (χ0v) is 17.1. The number of halogens is 5. The molecule has 1 radical (unpaired) electrons. The zero-order chi connectivity index (χ0) is 22.5. The second-order valence-electron chi connectivity index (χ2n) is 7.55. The average molecular weight is 433 g/mol. The number of hydrogen-bond donors (Lipinski definition) is 0. The van der Waals surface area contributed by atoms with Gasteiger partial charge in [-0.25, -0.2) is 22.0 Å². The highest BCUT2D eigenvalue weighted by Gasteiger charge is 2.21. The van der Waals surface area contributed by atoms with E-state index in [0.717, 1.165) is 43.4 Å². The molecule has 0 N–H and O–H groups in total. The van der Waals surface area contributed by atoms with Crippen molar-refractivity contribution in [2.45, 2.75) is 45.4 Å². The summed E-state index contributed by atoms with van der Waals surface area (Å²) in [7, 11) is 0. The smallest absolute Gasteiger partial charge is 0.194 e. The molecule has 3 aromatic rings. The molecule has 0 saturated carbocycles. The van der Waals surface area contributed by atoms with E-state index in [1.165, 1.54) is 0 Å². The Hall–Kier alpha value is -2.89. The molecule has 31 heavy (non-hydrogen) atoms. The topological polar surface area (TPSA) is 19.9 Å². The van der Waals surface area contributed by atoms with Gasteiger partial charge in [-0.1, -0.05) is 44.0 Å². The van der Waals surface area contributed by atoms with Crippen LogP contribution in [0.1, 0.15) is 42.9 Å². The van der Waals surface area contributed by atoms with Crippen LogP contribution in [-0.2, 0) is 24.4 Å². The molecule has 6 heteroatoms. The summed E-state index contributed by atoms with van der Waals surface area (Å²) in [5.74, 6) is -7.14. The van der Waals surface area contributed by atoms with Gasteiger partial charge in [0.25, 0.3) is 0 Å². The summed E-state index contributed by atoms with van der Waals surface area (Å²) in [4.78, 5) is 0. The maximum absolute atomic E-state index is 15.1. The van der Waals surface area contributed by atoms with Crippen molar-refractivity contribution in [3.05, 3.63) is 88.2 Å². The van der Waals surface area contributed by atoms with Crippen LogP contribution >= 0.6 is 0 Å². The predicted molar refractivity (Wildman–Crippen MR) is 109 cm³/mol. The molecule has 0 spiro atoms. The van der Waals surface area contributed by atoms with E-state index in [1.807, 2.05) is 12.1 Å². The second kappa shape index (κ2) is 9.94. The van der Waals surface area contributed by atoms with Gasteiger partial charge in [-0.05, 0) is 54.5 Å². The summed E-state index contributed by atoms with van der Waals surface area (Å²) in [6.45, 7) is 2.11. The molecule has 0 heterocycles. The van der Waals surface area contributed by atoms with Gasteiger partial charge in [0.2, 0.25) is 0 Å². The molecule has 3 aromatic carbocycles. The molecule has 3 rings (SSSR count). The molecule has 0 aliphatic heterocycles. The van der Waals surface area contributed by atoms with Crippen LogP contribution in [0.4, 0.5) is 22.0 Å². The normalized spacial score (nSPS) is 11.2. The Balaban J connectivity index is 1.86. The van der Waals surface area contributed by atoms with Gasteiger partial charge in [-0.2, -0.15) is 0 Å². The van der Waals surface area contributed by atoms with Crippen LogP contribution in [-0.4, -0.2) is 0 Å². The van der Waals surface area contributed by atoms with E-state index in [4.69, 9.17) is 0 Å². The van der Waals surface area contributed by atoms with E-state index in [-0.39, 0.29) is 29.5 Å². The minimum absolute atomic E-state index is 0.0550. The summed E-state index contributed by atoms with van der Waals surface area (Å²) < 4.78 is 69.3. The zero-order valence-electron chi connectivity index (χ0n) is 17.1. The van der Waals surface area contributed by atoms with Crippen molar-refractivity contribution in [2.75, 3.05) is 0 Å². The van der Waals surface area contributed by atoms with Gasteiger partial charge in [0.1, 0.15) is 11.6 Å².